The molecule has 2 aromatic carbocycles. The van der Waals surface area contributed by atoms with Gasteiger partial charge in [0.05, 0.1) is 49.0 Å². The van der Waals surface area contributed by atoms with Crippen molar-refractivity contribution in [3.05, 3.63) is 72.6 Å². The number of aliphatic hydroxyl groups excluding tert-OH is 1. The SMILES string of the molecule is COC(=O)N[C@H](C(=O)N1CCC[C@H]1c1ncc(-c2ccc(-c3ccc(-c4cnc([C@@H]5C[C@H](O)C[C@H]5C(=O)N[C@H](C(=O)NC5CC5)C(C)C)[nH]4)cc3)cc2)[nH]1)C(C)C. The quantitative estimate of drug-likeness (QED) is 0.103. The minimum absolute atomic E-state index is 0.0743. The van der Waals surface area contributed by atoms with E-state index in [1.165, 1.54) is 7.11 Å². The van der Waals surface area contributed by atoms with E-state index in [2.05, 4.69) is 60.2 Å². The van der Waals surface area contributed by atoms with Gasteiger partial charge < -0.3 is 40.7 Å². The second kappa shape index (κ2) is 16.9. The number of aliphatic hydroxyl groups is 1. The van der Waals surface area contributed by atoms with Crippen molar-refractivity contribution in [2.45, 2.75) is 102 Å². The number of aromatic nitrogens is 4. The zero-order valence-electron chi connectivity index (χ0n) is 33.2. The topological polar surface area (TPSA) is 194 Å². The first-order valence-electron chi connectivity index (χ1n) is 20.1. The number of imidazole rings is 2. The molecule has 14 heteroatoms. The molecule has 7 rings (SSSR count). The van der Waals surface area contributed by atoms with Crippen molar-refractivity contribution >= 4 is 23.8 Å². The molecule has 0 unspecified atom stereocenters. The van der Waals surface area contributed by atoms with Gasteiger partial charge in [0.15, 0.2) is 0 Å². The molecule has 14 nitrogen and oxygen atoms in total. The van der Waals surface area contributed by atoms with Crippen LogP contribution in [-0.4, -0.2) is 91.6 Å². The van der Waals surface area contributed by atoms with Crippen molar-refractivity contribution in [2.75, 3.05) is 13.7 Å². The third-order valence-electron chi connectivity index (χ3n) is 11.6. The average molecular weight is 779 g/mol. The Bertz CT molecular complexity index is 2050. The molecule has 302 valence electrons. The van der Waals surface area contributed by atoms with Gasteiger partial charge in [0, 0.05) is 18.5 Å². The van der Waals surface area contributed by atoms with Gasteiger partial charge in [0.25, 0.3) is 0 Å². The van der Waals surface area contributed by atoms with Gasteiger partial charge in [-0.1, -0.05) is 76.2 Å². The van der Waals surface area contributed by atoms with Crippen LogP contribution in [0, 0.1) is 17.8 Å². The second-order valence-electron chi connectivity index (χ2n) is 16.4. The van der Waals surface area contributed by atoms with Gasteiger partial charge in [-0.15, -0.1) is 0 Å². The summed E-state index contributed by atoms with van der Waals surface area (Å²) in [6.45, 7) is 8.22. The van der Waals surface area contributed by atoms with Gasteiger partial charge in [-0.05, 0) is 72.6 Å². The number of carbonyl (C=O) groups excluding carboxylic acids is 4. The molecule has 2 aromatic heterocycles. The summed E-state index contributed by atoms with van der Waals surface area (Å²) >= 11 is 0. The number of nitrogens with one attached hydrogen (secondary N) is 5. The number of H-pyrrole nitrogens is 2. The van der Waals surface area contributed by atoms with E-state index in [4.69, 9.17) is 4.74 Å². The molecule has 4 amide bonds. The minimum Gasteiger partial charge on any atom is -0.453 e. The summed E-state index contributed by atoms with van der Waals surface area (Å²) < 4.78 is 4.75. The fourth-order valence-electron chi connectivity index (χ4n) is 8.12. The maximum atomic E-state index is 13.5. The van der Waals surface area contributed by atoms with Crippen LogP contribution >= 0.6 is 0 Å². The van der Waals surface area contributed by atoms with Gasteiger partial charge in [-0.3, -0.25) is 14.4 Å². The molecule has 2 aliphatic carbocycles. The third kappa shape index (κ3) is 8.90. The summed E-state index contributed by atoms with van der Waals surface area (Å²) in [6, 6.07) is 15.0. The number of nitrogens with zero attached hydrogens (tertiary/aromatic N) is 3. The van der Waals surface area contributed by atoms with Crippen molar-refractivity contribution in [1.82, 2.24) is 40.8 Å². The molecule has 0 radical (unpaired) electrons. The summed E-state index contributed by atoms with van der Waals surface area (Å²) in [7, 11) is 1.29. The molecule has 1 saturated heterocycles. The van der Waals surface area contributed by atoms with Crippen LogP contribution in [0.2, 0.25) is 0 Å². The van der Waals surface area contributed by atoms with E-state index in [-0.39, 0.29) is 47.6 Å². The van der Waals surface area contributed by atoms with E-state index in [0.29, 0.717) is 31.0 Å². The molecule has 57 heavy (non-hydrogen) atoms. The lowest BCUT2D eigenvalue weighted by Crippen LogP contribution is -2.51. The predicted molar refractivity (Wildman–Crippen MR) is 214 cm³/mol. The lowest BCUT2D eigenvalue weighted by Gasteiger charge is -2.30. The number of rotatable bonds is 13. The number of likely N-dealkylation sites (tertiary alicyclic amines) is 1. The fraction of sp³-hybridized carbons (Fsp3) is 0.488. The molecule has 2 saturated carbocycles. The molecule has 3 fully saturated rings. The molecule has 4 aromatic rings. The summed E-state index contributed by atoms with van der Waals surface area (Å²) in [5.74, 6) is -0.162. The Morgan fingerprint density at radius 1 is 0.772 bits per heavy atom. The zero-order valence-corrected chi connectivity index (χ0v) is 33.2. The van der Waals surface area contributed by atoms with Crippen LogP contribution in [0.4, 0.5) is 4.79 Å². The molecular formula is C43H54N8O6. The summed E-state index contributed by atoms with van der Waals surface area (Å²) in [4.78, 5) is 69.8. The molecular weight excluding hydrogens is 725 g/mol. The van der Waals surface area contributed by atoms with E-state index in [9.17, 15) is 24.3 Å². The Kier molecular flexibility index (Phi) is 11.8. The minimum atomic E-state index is -0.692. The molecule has 6 atom stereocenters. The predicted octanol–water partition coefficient (Wildman–Crippen LogP) is 5.45. The van der Waals surface area contributed by atoms with E-state index in [1.54, 1.807) is 17.3 Å². The van der Waals surface area contributed by atoms with Gasteiger partial charge in [0.1, 0.15) is 23.7 Å². The van der Waals surface area contributed by atoms with Gasteiger partial charge >= 0.3 is 6.09 Å². The highest BCUT2D eigenvalue weighted by Crippen LogP contribution is 2.40. The first kappa shape index (κ1) is 39.7. The second-order valence-corrected chi connectivity index (χ2v) is 16.4. The lowest BCUT2D eigenvalue weighted by molar-refractivity contribution is -0.135. The Morgan fingerprint density at radius 2 is 1.33 bits per heavy atom. The number of amides is 4. The Labute approximate surface area is 333 Å². The number of hydrogen-bond donors (Lipinski definition) is 6. The highest BCUT2D eigenvalue weighted by Gasteiger charge is 2.42. The highest BCUT2D eigenvalue weighted by molar-refractivity contribution is 5.89. The normalized spacial score (nSPS) is 21.7. The molecule has 6 N–H and O–H groups in total. The van der Waals surface area contributed by atoms with Gasteiger partial charge in [-0.2, -0.15) is 0 Å². The average Bonchev–Trinajstić information content (AvgIpc) is 3.66. The van der Waals surface area contributed by atoms with Crippen LogP contribution < -0.4 is 16.0 Å². The standard InChI is InChI=1S/C43H54N8O6/c1-23(2)36(41(54)46-29-16-17-29)49-40(53)32-20-30(52)19-31(32)38-44-21-33(47-38)27-12-8-25(9-13-27)26-10-14-28(15-11-26)34-22-45-39(48-34)35-7-6-18-51(35)42(55)37(24(3)4)50-43(56)57-5/h8-15,21-24,29-32,35-37,52H,6-7,16-20H2,1-5H3,(H,44,47)(H,45,48)(H,46,54)(H,49,53)(H,50,56)/t30-,31+,32+,35-,36-,37-/m0/s1. The monoisotopic (exact) mass is 778 g/mol. The number of carbonyl (C=O) groups is 4. The van der Waals surface area contributed by atoms with E-state index in [0.717, 1.165) is 59.3 Å². The highest BCUT2D eigenvalue weighted by atomic mass is 16.5. The summed E-state index contributed by atoms with van der Waals surface area (Å²) in [5, 5.41) is 19.3. The third-order valence-corrected chi connectivity index (χ3v) is 11.6. The summed E-state index contributed by atoms with van der Waals surface area (Å²) in [6.07, 6.45) is 6.58. The van der Waals surface area contributed by atoms with Crippen LogP contribution in [0.25, 0.3) is 33.6 Å². The van der Waals surface area contributed by atoms with Crippen LogP contribution in [0.5, 0.6) is 0 Å². The maximum absolute atomic E-state index is 13.5. The Balaban J connectivity index is 0.989. The number of aromatic amines is 2. The molecule has 1 aliphatic heterocycles. The molecule has 3 heterocycles. The van der Waals surface area contributed by atoms with Crippen molar-refractivity contribution in [3.63, 3.8) is 0 Å². The van der Waals surface area contributed by atoms with Crippen molar-refractivity contribution in [1.29, 1.82) is 0 Å². The van der Waals surface area contributed by atoms with E-state index < -0.39 is 30.2 Å². The van der Waals surface area contributed by atoms with Crippen LogP contribution in [-0.2, 0) is 19.1 Å². The zero-order chi connectivity index (χ0) is 40.4. The van der Waals surface area contributed by atoms with E-state index in [1.807, 2.05) is 52.0 Å². The van der Waals surface area contributed by atoms with Crippen LogP contribution in [0.15, 0.2) is 60.9 Å². The molecule has 3 aliphatic rings. The molecule has 0 bridgehead atoms. The number of benzene rings is 2. The maximum Gasteiger partial charge on any atom is 0.407 e. The Hall–Kier alpha value is -5.50. The number of ether oxygens (including phenoxy) is 1. The van der Waals surface area contributed by atoms with Gasteiger partial charge in [0.2, 0.25) is 17.7 Å². The number of alkyl carbamates (subject to hydrolysis) is 1. The summed E-state index contributed by atoms with van der Waals surface area (Å²) in [5.41, 5.74) is 5.65. The fourth-order valence-corrected chi connectivity index (χ4v) is 8.12. The number of methoxy groups -OCH3 is 1. The molecule has 0 spiro atoms. The Morgan fingerprint density at radius 3 is 1.89 bits per heavy atom. The smallest absolute Gasteiger partial charge is 0.407 e. The van der Waals surface area contributed by atoms with E-state index >= 15 is 0 Å². The number of hydrogen-bond acceptors (Lipinski definition) is 8. The van der Waals surface area contributed by atoms with Crippen LogP contribution in [0.1, 0.15) is 89.8 Å². The van der Waals surface area contributed by atoms with Crippen LogP contribution in [0.3, 0.4) is 0 Å². The van der Waals surface area contributed by atoms with Gasteiger partial charge in [-0.25, -0.2) is 14.8 Å². The van der Waals surface area contributed by atoms with Crippen molar-refractivity contribution in [2.24, 2.45) is 17.8 Å². The lowest BCUT2D eigenvalue weighted by atomic mass is 9.93. The van der Waals surface area contributed by atoms with Crippen molar-refractivity contribution in [3.8, 4) is 33.6 Å². The largest absolute Gasteiger partial charge is 0.453 e. The first-order valence-corrected chi connectivity index (χ1v) is 20.1. The van der Waals surface area contributed by atoms with Crippen molar-refractivity contribution < 1.29 is 29.0 Å². The first-order chi connectivity index (χ1) is 27.4.